The van der Waals surface area contributed by atoms with Crippen LogP contribution in [0.3, 0.4) is 0 Å². The predicted octanol–water partition coefficient (Wildman–Crippen LogP) is 1.04. The van der Waals surface area contributed by atoms with Crippen molar-refractivity contribution in [3.63, 3.8) is 0 Å². The quantitative estimate of drug-likeness (QED) is 0.838. The van der Waals surface area contributed by atoms with Crippen molar-refractivity contribution < 1.29 is 4.79 Å². The summed E-state index contributed by atoms with van der Waals surface area (Å²) in [6.07, 6.45) is 5.40. The fraction of sp³-hybridized carbons (Fsp3) is 0.500. The molecule has 1 aromatic heterocycles. The Morgan fingerprint density at radius 1 is 1.61 bits per heavy atom. The van der Waals surface area contributed by atoms with Crippen LogP contribution < -0.4 is 5.32 Å². The van der Waals surface area contributed by atoms with Crippen LogP contribution in [0.4, 0.5) is 5.82 Å². The third kappa shape index (κ3) is 2.74. The molecule has 6 nitrogen and oxygen atoms in total. The van der Waals surface area contributed by atoms with Gasteiger partial charge in [0.1, 0.15) is 11.5 Å². The number of aromatic nitrogens is 2. The third-order valence-corrected chi connectivity index (χ3v) is 2.82. The molecule has 1 saturated carbocycles. The minimum Gasteiger partial charge on any atom is -0.372 e. The molecule has 0 unspecified atom stereocenters. The zero-order valence-corrected chi connectivity index (χ0v) is 10.3. The number of hydrogen-bond donors (Lipinski definition) is 1. The number of nitriles is 1. The SMILES string of the molecule is CNc1cncc(C(=O)N(CCC#N)C2CC2)n1. The third-order valence-electron chi connectivity index (χ3n) is 2.82. The Labute approximate surface area is 106 Å². The summed E-state index contributed by atoms with van der Waals surface area (Å²) >= 11 is 0. The van der Waals surface area contributed by atoms with Crippen LogP contribution in [0, 0.1) is 11.3 Å². The number of nitrogens with zero attached hydrogens (tertiary/aromatic N) is 4. The van der Waals surface area contributed by atoms with Gasteiger partial charge in [-0.25, -0.2) is 4.98 Å². The molecule has 1 heterocycles. The van der Waals surface area contributed by atoms with E-state index in [0.717, 1.165) is 12.8 Å². The second-order valence-electron chi connectivity index (χ2n) is 4.18. The zero-order chi connectivity index (χ0) is 13.0. The number of rotatable bonds is 5. The minimum atomic E-state index is -0.141. The standard InChI is InChI=1S/C12H15N5O/c1-14-11-8-15-7-10(16-11)12(18)17(6-2-5-13)9-3-4-9/h7-9H,2-4,6H2,1H3,(H,14,16). The van der Waals surface area contributed by atoms with Gasteiger partial charge in [0.05, 0.1) is 24.9 Å². The molecule has 94 valence electrons. The molecule has 0 saturated heterocycles. The number of carbonyl (C=O) groups is 1. The van der Waals surface area contributed by atoms with Crippen molar-refractivity contribution in [2.24, 2.45) is 0 Å². The predicted molar refractivity (Wildman–Crippen MR) is 65.9 cm³/mol. The van der Waals surface area contributed by atoms with E-state index in [1.165, 1.54) is 6.20 Å². The highest BCUT2D eigenvalue weighted by Gasteiger charge is 2.33. The maximum Gasteiger partial charge on any atom is 0.274 e. The van der Waals surface area contributed by atoms with Crippen molar-refractivity contribution in [3.05, 3.63) is 18.1 Å². The van der Waals surface area contributed by atoms with Gasteiger partial charge in [-0.2, -0.15) is 5.26 Å². The summed E-state index contributed by atoms with van der Waals surface area (Å²) in [5.74, 6) is 0.425. The van der Waals surface area contributed by atoms with Crippen molar-refractivity contribution in [2.75, 3.05) is 18.9 Å². The summed E-state index contributed by atoms with van der Waals surface area (Å²) in [7, 11) is 1.73. The Morgan fingerprint density at radius 2 is 2.39 bits per heavy atom. The van der Waals surface area contributed by atoms with Crippen LogP contribution in [0.15, 0.2) is 12.4 Å². The van der Waals surface area contributed by atoms with E-state index < -0.39 is 0 Å². The van der Waals surface area contributed by atoms with Gasteiger partial charge in [0.2, 0.25) is 0 Å². The molecule has 0 bridgehead atoms. The summed E-state index contributed by atoms with van der Waals surface area (Å²) in [4.78, 5) is 22.2. The van der Waals surface area contributed by atoms with Gasteiger partial charge < -0.3 is 10.2 Å². The summed E-state index contributed by atoms with van der Waals surface area (Å²) < 4.78 is 0. The van der Waals surface area contributed by atoms with Gasteiger partial charge in [-0.05, 0) is 12.8 Å². The van der Waals surface area contributed by atoms with Gasteiger partial charge in [-0.3, -0.25) is 9.78 Å². The molecule has 6 heteroatoms. The van der Waals surface area contributed by atoms with Crippen molar-refractivity contribution >= 4 is 11.7 Å². The molecule has 2 rings (SSSR count). The van der Waals surface area contributed by atoms with Crippen molar-refractivity contribution in [1.82, 2.24) is 14.9 Å². The fourth-order valence-corrected chi connectivity index (χ4v) is 1.74. The van der Waals surface area contributed by atoms with Crippen LogP contribution in [-0.2, 0) is 0 Å². The molecule has 1 aromatic rings. The lowest BCUT2D eigenvalue weighted by atomic mass is 10.3. The van der Waals surface area contributed by atoms with Gasteiger partial charge >= 0.3 is 0 Å². The van der Waals surface area contributed by atoms with Gasteiger partial charge in [0, 0.05) is 19.6 Å². The normalized spacial score (nSPS) is 13.8. The Balaban J connectivity index is 2.14. The van der Waals surface area contributed by atoms with E-state index >= 15 is 0 Å². The lowest BCUT2D eigenvalue weighted by Gasteiger charge is -2.20. The summed E-state index contributed by atoms with van der Waals surface area (Å²) in [5, 5.41) is 11.5. The molecular formula is C12H15N5O. The van der Waals surface area contributed by atoms with Gasteiger partial charge in [-0.1, -0.05) is 0 Å². The smallest absolute Gasteiger partial charge is 0.274 e. The Morgan fingerprint density at radius 3 is 3.00 bits per heavy atom. The van der Waals surface area contributed by atoms with E-state index in [1.807, 2.05) is 0 Å². The van der Waals surface area contributed by atoms with E-state index in [0.29, 0.717) is 24.5 Å². The largest absolute Gasteiger partial charge is 0.372 e. The van der Waals surface area contributed by atoms with Gasteiger partial charge in [0.15, 0.2) is 0 Å². The average molecular weight is 245 g/mol. The highest BCUT2D eigenvalue weighted by atomic mass is 16.2. The Bertz CT molecular complexity index is 478. The minimum absolute atomic E-state index is 0.141. The van der Waals surface area contributed by atoms with Crippen LogP contribution in [0.25, 0.3) is 0 Å². The molecule has 0 aromatic carbocycles. The number of anilines is 1. The molecule has 0 aliphatic heterocycles. The van der Waals surface area contributed by atoms with Crippen LogP contribution in [0.5, 0.6) is 0 Å². The molecule has 1 fully saturated rings. The molecule has 1 N–H and O–H groups in total. The number of hydrogen-bond acceptors (Lipinski definition) is 5. The average Bonchev–Trinajstić information content (AvgIpc) is 3.23. The summed E-state index contributed by atoms with van der Waals surface area (Å²) in [6.45, 7) is 0.464. The first-order valence-corrected chi connectivity index (χ1v) is 5.94. The Hall–Kier alpha value is -2.16. The topological polar surface area (TPSA) is 81.9 Å². The summed E-state index contributed by atoms with van der Waals surface area (Å²) in [6, 6.07) is 2.34. The van der Waals surface area contributed by atoms with E-state index in [9.17, 15) is 4.79 Å². The molecule has 1 aliphatic rings. The second-order valence-corrected chi connectivity index (χ2v) is 4.18. The number of nitrogens with one attached hydrogen (secondary N) is 1. The monoisotopic (exact) mass is 245 g/mol. The maximum absolute atomic E-state index is 12.3. The molecule has 0 radical (unpaired) electrons. The molecular weight excluding hydrogens is 230 g/mol. The Kier molecular flexibility index (Phi) is 3.72. The number of amides is 1. The van der Waals surface area contributed by atoms with Crippen LogP contribution >= 0.6 is 0 Å². The van der Waals surface area contributed by atoms with Gasteiger partial charge in [-0.15, -0.1) is 0 Å². The first kappa shape index (κ1) is 12.3. The van der Waals surface area contributed by atoms with E-state index in [-0.39, 0.29) is 11.9 Å². The lowest BCUT2D eigenvalue weighted by molar-refractivity contribution is 0.0740. The van der Waals surface area contributed by atoms with Gasteiger partial charge in [0.25, 0.3) is 5.91 Å². The second kappa shape index (κ2) is 5.45. The molecule has 1 amide bonds. The first-order valence-electron chi connectivity index (χ1n) is 5.94. The van der Waals surface area contributed by atoms with E-state index in [4.69, 9.17) is 5.26 Å². The number of carbonyl (C=O) groups excluding carboxylic acids is 1. The first-order chi connectivity index (χ1) is 8.76. The molecule has 0 atom stereocenters. The van der Waals surface area contributed by atoms with Crippen LogP contribution in [-0.4, -0.2) is 40.4 Å². The van der Waals surface area contributed by atoms with Crippen molar-refractivity contribution in [1.29, 1.82) is 5.26 Å². The molecule has 0 spiro atoms. The van der Waals surface area contributed by atoms with Crippen LogP contribution in [0.1, 0.15) is 29.8 Å². The molecule has 18 heavy (non-hydrogen) atoms. The molecule has 1 aliphatic carbocycles. The fourth-order valence-electron chi connectivity index (χ4n) is 1.74. The highest BCUT2D eigenvalue weighted by molar-refractivity contribution is 5.92. The van der Waals surface area contributed by atoms with Crippen LogP contribution in [0.2, 0.25) is 0 Å². The summed E-state index contributed by atoms with van der Waals surface area (Å²) in [5.41, 5.74) is 0.326. The highest BCUT2D eigenvalue weighted by Crippen LogP contribution is 2.28. The zero-order valence-electron chi connectivity index (χ0n) is 10.3. The van der Waals surface area contributed by atoms with Crippen molar-refractivity contribution in [2.45, 2.75) is 25.3 Å². The maximum atomic E-state index is 12.3. The van der Waals surface area contributed by atoms with E-state index in [2.05, 4.69) is 21.4 Å². The van der Waals surface area contributed by atoms with E-state index in [1.54, 1.807) is 18.1 Å². The lowest BCUT2D eigenvalue weighted by Crippen LogP contribution is -2.34. The van der Waals surface area contributed by atoms with Crippen molar-refractivity contribution in [3.8, 4) is 6.07 Å².